The fraction of sp³-hybridized carbons (Fsp3) is 0.667. The smallest absolute Gasteiger partial charge is 0.547 e. The Kier molecular flexibility index (Phi) is 24.3. The van der Waals surface area contributed by atoms with Gasteiger partial charge >= 0.3 is 34.1 Å². The van der Waals surface area contributed by atoms with Crippen molar-refractivity contribution in [2.75, 3.05) is 0 Å². The van der Waals surface area contributed by atoms with E-state index in [2.05, 4.69) is 0 Å². The summed E-state index contributed by atoms with van der Waals surface area (Å²) in [5.41, 5.74) is 0. The van der Waals surface area contributed by atoms with Crippen LogP contribution in [-0.2, 0) is 62.9 Å². The summed E-state index contributed by atoms with van der Waals surface area (Å²) < 4.78 is 0. The number of carboxylic acid groups (broad SMARTS) is 6. The fourth-order valence-corrected chi connectivity index (χ4v) is 2.01. The maximum atomic E-state index is 10.0. The van der Waals surface area contributed by atoms with Gasteiger partial charge in [0.25, 0.3) is 0 Å². The number of carbonyl (C=O) groups is 6. The van der Waals surface area contributed by atoms with Crippen molar-refractivity contribution in [1.29, 1.82) is 0 Å². The maximum Gasteiger partial charge on any atom is 3.00 e. The van der Waals surface area contributed by atoms with E-state index in [4.69, 9.17) is 76.6 Å². The minimum Gasteiger partial charge on any atom is -0.547 e. The second-order valence-electron chi connectivity index (χ2n) is 8.14. The number of aliphatic hydroxyl groups is 15. The zero-order valence-electron chi connectivity index (χ0n) is 22.0. The molecule has 0 aliphatic rings. The van der Waals surface area contributed by atoms with Crippen LogP contribution in [0.3, 0.4) is 0 Å². The molecule has 0 saturated carbocycles. The van der Waals surface area contributed by atoms with E-state index < -0.39 is 108 Å². The normalized spacial score (nSPS) is 17.2. The van der Waals surface area contributed by atoms with Crippen molar-refractivity contribution < 1.29 is 170 Å². The Morgan fingerprint density at radius 1 is 0.362 bits per heavy atom. The van der Waals surface area contributed by atoms with Gasteiger partial charge in [0.1, 0.15) is 72.8 Å². The molecule has 9 atom stereocenters. The largest absolute Gasteiger partial charge is 3.00 e. The molecule has 0 saturated heterocycles. The van der Waals surface area contributed by atoms with Crippen LogP contribution in [0.1, 0.15) is 0 Å². The molecule has 0 aromatic carbocycles. The third-order valence-electron chi connectivity index (χ3n) is 4.80. The van der Waals surface area contributed by atoms with Crippen LogP contribution in [0.5, 0.6) is 0 Å². The summed E-state index contributed by atoms with van der Waals surface area (Å²) in [4.78, 5) is 60.0. The summed E-state index contributed by atoms with van der Waals surface area (Å²) in [5, 5.41) is 190. The first kappa shape index (κ1) is 53.7. The summed E-state index contributed by atoms with van der Waals surface area (Å²) in [7, 11) is 0. The molecule has 0 aliphatic heterocycles. The van der Waals surface area contributed by atoms with Crippen LogP contribution in [0, 0.1) is 0 Å². The number of hydrogen-bond acceptors (Lipinski definition) is 27. The molecule has 47 heavy (non-hydrogen) atoms. The number of carboxylic acids is 6. The van der Waals surface area contributed by atoms with Crippen LogP contribution in [0.4, 0.5) is 0 Å². The first-order valence-corrected chi connectivity index (χ1v) is 10.6. The van der Waals surface area contributed by atoms with E-state index in [-0.39, 0.29) is 34.1 Å². The Labute approximate surface area is 278 Å². The van der Waals surface area contributed by atoms with Crippen LogP contribution in [0.25, 0.3) is 0 Å². The van der Waals surface area contributed by atoms with Crippen LogP contribution in [0.2, 0.25) is 0 Å². The van der Waals surface area contributed by atoms with Crippen LogP contribution in [-0.4, -0.2) is 185 Å². The molecular weight excluding hydrogens is 760 g/mol. The van der Waals surface area contributed by atoms with Gasteiger partial charge in [-0.2, -0.15) is 0 Å². The summed E-state index contributed by atoms with van der Waals surface area (Å²) in [5.74, 6) is -26.1. The summed E-state index contributed by atoms with van der Waals surface area (Å²) in [6, 6.07) is 0. The molecule has 0 bridgehead atoms. The van der Waals surface area contributed by atoms with E-state index in [1.54, 1.807) is 0 Å². The van der Waals surface area contributed by atoms with E-state index in [0.717, 1.165) is 0 Å². The van der Waals surface area contributed by atoms with Gasteiger partial charge in [-0.3, -0.25) is 0 Å². The molecule has 0 unspecified atom stereocenters. The monoisotopic (exact) mass is 784 g/mol. The molecule has 0 fully saturated rings. The molecule has 0 rings (SSSR count). The van der Waals surface area contributed by atoms with Crippen LogP contribution < -0.4 is 30.6 Å². The molecule has 0 aromatic rings. The standard InChI is InChI=1S/3C6H10O9.2Fe/c3*7-1(2(8)4(10)11)3(9)6(14,15)5(12)13;;/h3*1-3,7-9,14-15H,(H,10,11)(H,12,13);;/q;;;2*+3/p-6/t3*1-,2+,3+;;/m111../s1. The number of aliphatic hydroxyl groups excluding tert-OH is 9. The third-order valence-corrected chi connectivity index (χ3v) is 4.80. The van der Waals surface area contributed by atoms with E-state index >= 15 is 0 Å². The van der Waals surface area contributed by atoms with Gasteiger partial charge in [-0.15, -0.1) is 0 Å². The Hall–Kier alpha value is -2.74. The maximum absolute atomic E-state index is 10.0. The van der Waals surface area contributed by atoms with Gasteiger partial charge in [0.2, 0.25) is 17.4 Å². The zero-order chi connectivity index (χ0) is 37.2. The van der Waals surface area contributed by atoms with Gasteiger partial charge in [-0.05, 0) is 0 Å². The number of aliphatic carboxylic acids is 6. The predicted molar refractivity (Wildman–Crippen MR) is 106 cm³/mol. The molecule has 2 radical (unpaired) electrons. The summed E-state index contributed by atoms with van der Waals surface area (Å²) in [6.45, 7) is 0. The molecule has 0 aromatic heterocycles. The minimum atomic E-state index is -3.89. The van der Waals surface area contributed by atoms with Crippen molar-refractivity contribution in [3.05, 3.63) is 0 Å². The second kappa shape index (κ2) is 21.3. The number of carbonyl (C=O) groups excluding carboxylic acids is 6. The topological polar surface area (TPSA) is 544 Å². The average Bonchev–Trinajstić information content (AvgIpc) is 2.93. The zero-order valence-corrected chi connectivity index (χ0v) is 24.2. The molecular formula is C18H24Fe2O27. The van der Waals surface area contributed by atoms with Gasteiger partial charge in [-0.1, -0.05) is 0 Å². The van der Waals surface area contributed by atoms with Crippen molar-refractivity contribution in [3.8, 4) is 0 Å². The van der Waals surface area contributed by atoms with Gasteiger partial charge in [-0.25, -0.2) is 0 Å². The van der Waals surface area contributed by atoms with Crippen LogP contribution >= 0.6 is 0 Å². The van der Waals surface area contributed by atoms with Crippen molar-refractivity contribution >= 4 is 35.8 Å². The van der Waals surface area contributed by atoms with Crippen molar-refractivity contribution in [3.63, 3.8) is 0 Å². The first-order valence-electron chi connectivity index (χ1n) is 10.6. The van der Waals surface area contributed by atoms with Crippen molar-refractivity contribution in [2.45, 2.75) is 72.3 Å². The Morgan fingerprint density at radius 3 is 0.574 bits per heavy atom. The molecule has 0 aliphatic carbocycles. The van der Waals surface area contributed by atoms with Crippen molar-refractivity contribution in [1.82, 2.24) is 0 Å². The molecule has 274 valence electrons. The van der Waals surface area contributed by atoms with Gasteiger partial charge in [0.15, 0.2) is 0 Å². The Bertz CT molecular complexity index is 918. The molecule has 15 N–H and O–H groups in total. The first-order chi connectivity index (χ1) is 19.9. The minimum absolute atomic E-state index is 0. The Morgan fingerprint density at radius 2 is 0.489 bits per heavy atom. The third kappa shape index (κ3) is 15.4. The summed E-state index contributed by atoms with van der Waals surface area (Å²) >= 11 is 0. The van der Waals surface area contributed by atoms with Crippen LogP contribution in [0.15, 0.2) is 0 Å². The van der Waals surface area contributed by atoms with Gasteiger partial charge in [0, 0.05) is 0 Å². The average molecular weight is 784 g/mol. The SMILES string of the molecule is O=C([O-])[C@@H](O)[C@@H](O)[C@H](O)C(O)(O)C(=O)[O-].O=C([O-])[C@@H](O)[C@@H](O)[C@H](O)C(O)(O)C(=O)[O-].O=C([O-])[C@@H](O)[C@@H](O)[C@H](O)C(O)(O)C(=O)[O-].[Fe+3].[Fe+3]. The number of rotatable bonds is 15. The van der Waals surface area contributed by atoms with Crippen molar-refractivity contribution in [2.24, 2.45) is 0 Å². The predicted octanol–water partition coefficient (Wildman–Crippen LogP) is -20.3. The summed E-state index contributed by atoms with van der Waals surface area (Å²) in [6.07, 6.45) is -24.7. The molecule has 29 heteroatoms. The molecule has 0 heterocycles. The van der Waals surface area contributed by atoms with E-state index in [0.29, 0.717) is 0 Å². The molecule has 0 spiro atoms. The van der Waals surface area contributed by atoms with E-state index in [1.165, 1.54) is 0 Å². The fourth-order valence-electron chi connectivity index (χ4n) is 2.01. The molecule has 27 nitrogen and oxygen atoms in total. The van der Waals surface area contributed by atoms with Gasteiger partial charge in [0.05, 0.1) is 17.9 Å². The van der Waals surface area contributed by atoms with Gasteiger partial charge < -0.3 is 136 Å². The Balaban J connectivity index is -0.000000184. The quantitative estimate of drug-likeness (QED) is 0.0541. The van der Waals surface area contributed by atoms with E-state index in [1.807, 2.05) is 0 Å². The van der Waals surface area contributed by atoms with E-state index in [9.17, 15) is 59.4 Å². The number of hydrogen-bond donors (Lipinski definition) is 15. The second-order valence-corrected chi connectivity index (χ2v) is 8.14. The molecule has 0 amide bonds.